The Morgan fingerprint density at radius 2 is 2.07 bits per heavy atom. The van der Waals surface area contributed by atoms with Crippen molar-refractivity contribution in [2.24, 2.45) is 5.41 Å². The molecule has 1 saturated heterocycles. The largest absolute Gasteiger partial charge is 0.306 e. The lowest BCUT2D eigenvalue weighted by molar-refractivity contribution is 0.121. The van der Waals surface area contributed by atoms with Crippen molar-refractivity contribution in [2.45, 2.75) is 45.3 Å². The first-order valence-corrected chi connectivity index (χ1v) is 10.0. The van der Waals surface area contributed by atoms with Gasteiger partial charge in [0, 0.05) is 51.4 Å². The van der Waals surface area contributed by atoms with Gasteiger partial charge in [0.1, 0.15) is 5.82 Å². The number of hydrogen-bond donors (Lipinski definition) is 0. The van der Waals surface area contributed by atoms with E-state index in [-0.39, 0.29) is 11.0 Å². The number of pyridine rings is 1. The molecule has 0 N–H and O–H groups in total. The Hall–Kier alpha value is -2.05. The fourth-order valence-corrected chi connectivity index (χ4v) is 4.96. The topological polar surface area (TPSA) is 54.3 Å². The van der Waals surface area contributed by atoms with Gasteiger partial charge in [-0.25, -0.2) is 4.98 Å². The first kappa shape index (κ1) is 17.1. The molecule has 142 valence electrons. The Kier molecular flexibility index (Phi) is 4.13. The summed E-state index contributed by atoms with van der Waals surface area (Å²) < 4.78 is 2.00. The molecule has 0 bridgehead atoms. The standard InChI is InChI=1S/C21H27N5O/c1-24-9-5-21(6-10-24)11-19-23-18-4-8-25(13-16-3-2-7-22-12-16)14-17(18)20(27)26(19)15-21/h2-3,7,12H,4-6,8-11,13-15H2,1H3. The fraction of sp³-hybridized carbons (Fsp3) is 0.571. The molecule has 27 heavy (non-hydrogen) atoms. The highest BCUT2D eigenvalue weighted by atomic mass is 16.1. The van der Waals surface area contributed by atoms with Gasteiger partial charge >= 0.3 is 0 Å². The number of likely N-dealkylation sites (tertiary alicyclic amines) is 1. The first-order valence-electron chi connectivity index (χ1n) is 10.0. The van der Waals surface area contributed by atoms with Gasteiger partial charge in [0.15, 0.2) is 0 Å². The fourth-order valence-electron chi connectivity index (χ4n) is 4.96. The molecule has 0 aliphatic carbocycles. The number of aromatic nitrogens is 3. The van der Waals surface area contributed by atoms with Crippen LogP contribution < -0.4 is 5.56 Å². The summed E-state index contributed by atoms with van der Waals surface area (Å²) in [7, 11) is 2.19. The van der Waals surface area contributed by atoms with E-state index in [0.717, 1.165) is 62.6 Å². The third-order valence-electron chi connectivity index (χ3n) is 6.68. The summed E-state index contributed by atoms with van der Waals surface area (Å²) in [5.41, 5.74) is 3.62. The average molecular weight is 365 g/mol. The Morgan fingerprint density at radius 3 is 2.85 bits per heavy atom. The average Bonchev–Trinajstić information content (AvgIpc) is 3.04. The number of fused-ring (bicyclic) bond motifs is 2. The highest BCUT2D eigenvalue weighted by Crippen LogP contribution is 2.40. The summed E-state index contributed by atoms with van der Waals surface area (Å²) in [5.74, 6) is 1.03. The maximum absolute atomic E-state index is 13.3. The molecule has 1 fully saturated rings. The summed E-state index contributed by atoms with van der Waals surface area (Å²) in [6.45, 7) is 5.60. The molecular formula is C21H27N5O. The van der Waals surface area contributed by atoms with Gasteiger partial charge in [0.25, 0.3) is 5.56 Å². The second-order valence-corrected chi connectivity index (χ2v) is 8.65. The van der Waals surface area contributed by atoms with Crippen LogP contribution in [-0.2, 0) is 32.5 Å². The minimum Gasteiger partial charge on any atom is -0.306 e. The molecule has 3 aliphatic rings. The van der Waals surface area contributed by atoms with Crippen LogP contribution in [0.25, 0.3) is 0 Å². The molecule has 5 heterocycles. The second kappa shape index (κ2) is 6.53. The third kappa shape index (κ3) is 3.11. The molecular weight excluding hydrogens is 338 g/mol. The van der Waals surface area contributed by atoms with E-state index in [0.29, 0.717) is 6.54 Å². The van der Waals surface area contributed by atoms with Crippen LogP contribution in [0.4, 0.5) is 0 Å². The molecule has 2 aromatic heterocycles. The summed E-state index contributed by atoms with van der Waals surface area (Å²) in [6, 6.07) is 4.07. The zero-order valence-electron chi connectivity index (χ0n) is 16.0. The molecule has 0 amide bonds. The summed E-state index contributed by atoms with van der Waals surface area (Å²) in [5, 5.41) is 0. The maximum atomic E-state index is 13.3. The molecule has 0 radical (unpaired) electrons. The molecule has 2 aromatic rings. The normalized spacial score (nSPS) is 22.0. The Balaban J connectivity index is 1.39. The van der Waals surface area contributed by atoms with Crippen molar-refractivity contribution in [3.63, 3.8) is 0 Å². The highest BCUT2D eigenvalue weighted by molar-refractivity contribution is 5.24. The van der Waals surface area contributed by atoms with E-state index in [9.17, 15) is 4.79 Å². The lowest BCUT2D eigenvalue weighted by Crippen LogP contribution is -2.40. The van der Waals surface area contributed by atoms with Gasteiger partial charge in [-0.3, -0.25) is 19.2 Å². The molecule has 0 saturated carbocycles. The van der Waals surface area contributed by atoms with Crippen molar-refractivity contribution in [1.82, 2.24) is 24.3 Å². The quantitative estimate of drug-likeness (QED) is 0.807. The smallest absolute Gasteiger partial charge is 0.258 e. The number of piperidine rings is 1. The van der Waals surface area contributed by atoms with E-state index in [1.54, 1.807) is 6.20 Å². The van der Waals surface area contributed by atoms with Crippen molar-refractivity contribution in [3.8, 4) is 0 Å². The molecule has 6 nitrogen and oxygen atoms in total. The summed E-state index contributed by atoms with van der Waals surface area (Å²) >= 11 is 0. The SMILES string of the molecule is CN1CCC2(CC1)Cc1nc3c(c(=O)n1C2)CN(Cc1cccnc1)CC3. The van der Waals surface area contributed by atoms with E-state index in [1.165, 1.54) is 18.4 Å². The van der Waals surface area contributed by atoms with Crippen LogP contribution >= 0.6 is 0 Å². The molecule has 0 atom stereocenters. The van der Waals surface area contributed by atoms with Gasteiger partial charge in [-0.1, -0.05) is 6.07 Å². The van der Waals surface area contributed by atoms with Crippen LogP contribution in [-0.4, -0.2) is 51.0 Å². The van der Waals surface area contributed by atoms with Crippen molar-refractivity contribution >= 4 is 0 Å². The van der Waals surface area contributed by atoms with Crippen LogP contribution in [0.5, 0.6) is 0 Å². The van der Waals surface area contributed by atoms with Crippen LogP contribution in [0, 0.1) is 5.41 Å². The van der Waals surface area contributed by atoms with Crippen LogP contribution in [0.1, 0.15) is 35.5 Å². The third-order valence-corrected chi connectivity index (χ3v) is 6.68. The second-order valence-electron chi connectivity index (χ2n) is 8.65. The van der Waals surface area contributed by atoms with E-state index in [2.05, 4.69) is 27.9 Å². The number of nitrogens with zero attached hydrogens (tertiary/aromatic N) is 5. The van der Waals surface area contributed by atoms with Gasteiger partial charge in [-0.15, -0.1) is 0 Å². The number of hydrogen-bond acceptors (Lipinski definition) is 5. The van der Waals surface area contributed by atoms with Crippen molar-refractivity contribution in [1.29, 1.82) is 0 Å². The lowest BCUT2D eigenvalue weighted by Gasteiger charge is -2.36. The van der Waals surface area contributed by atoms with Gasteiger partial charge < -0.3 is 4.90 Å². The zero-order valence-corrected chi connectivity index (χ0v) is 16.0. The van der Waals surface area contributed by atoms with E-state index in [1.807, 2.05) is 16.8 Å². The number of rotatable bonds is 2. The van der Waals surface area contributed by atoms with Crippen LogP contribution in [0.2, 0.25) is 0 Å². The van der Waals surface area contributed by atoms with E-state index in [4.69, 9.17) is 4.98 Å². The zero-order chi connectivity index (χ0) is 18.4. The van der Waals surface area contributed by atoms with E-state index < -0.39 is 0 Å². The molecule has 1 spiro atoms. The van der Waals surface area contributed by atoms with Crippen molar-refractivity contribution in [2.75, 3.05) is 26.7 Å². The highest BCUT2D eigenvalue weighted by Gasteiger charge is 2.41. The van der Waals surface area contributed by atoms with Gasteiger partial charge in [-0.05, 0) is 50.0 Å². The van der Waals surface area contributed by atoms with Crippen LogP contribution in [0.3, 0.4) is 0 Å². The minimum absolute atomic E-state index is 0.210. The molecule has 0 unspecified atom stereocenters. The Labute approximate surface area is 159 Å². The first-order chi connectivity index (χ1) is 13.1. The summed E-state index contributed by atoms with van der Waals surface area (Å²) in [4.78, 5) is 27.2. The molecule has 6 heteroatoms. The lowest BCUT2D eigenvalue weighted by atomic mass is 9.77. The van der Waals surface area contributed by atoms with E-state index >= 15 is 0 Å². The summed E-state index contributed by atoms with van der Waals surface area (Å²) in [6.07, 6.45) is 7.89. The van der Waals surface area contributed by atoms with Crippen molar-refractivity contribution in [3.05, 3.63) is 57.5 Å². The molecule has 3 aliphatic heterocycles. The van der Waals surface area contributed by atoms with Gasteiger partial charge in [0.05, 0.1) is 11.3 Å². The monoisotopic (exact) mass is 365 g/mol. The Bertz CT molecular complexity index is 899. The maximum Gasteiger partial charge on any atom is 0.258 e. The van der Waals surface area contributed by atoms with Gasteiger partial charge in [0.2, 0.25) is 0 Å². The predicted octanol–water partition coefficient (Wildman–Crippen LogP) is 1.46. The molecule has 5 rings (SSSR count). The molecule has 0 aromatic carbocycles. The van der Waals surface area contributed by atoms with Crippen LogP contribution in [0.15, 0.2) is 29.3 Å². The van der Waals surface area contributed by atoms with Gasteiger partial charge in [-0.2, -0.15) is 0 Å². The predicted molar refractivity (Wildman–Crippen MR) is 103 cm³/mol. The Morgan fingerprint density at radius 1 is 1.22 bits per heavy atom. The minimum atomic E-state index is 0.210. The van der Waals surface area contributed by atoms with Crippen molar-refractivity contribution < 1.29 is 0 Å².